The first-order valence-corrected chi connectivity index (χ1v) is 9.18. The van der Waals surface area contributed by atoms with E-state index in [4.69, 9.17) is 0 Å². The van der Waals surface area contributed by atoms with Crippen LogP contribution in [0.3, 0.4) is 0 Å². The van der Waals surface area contributed by atoms with Crippen LogP contribution in [0, 0.1) is 3.57 Å². The molecular weight excluding hydrogens is 415 g/mol. The lowest BCUT2D eigenvalue weighted by atomic mass is 10.1. The Kier molecular flexibility index (Phi) is 5.50. The third kappa shape index (κ3) is 4.14. The molecule has 5 heteroatoms. The van der Waals surface area contributed by atoms with Gasteiger partial charge in [0.2, 0.25) is 0 Å². The van der Waals surface area contributed by atoms with Crippen LogP contribution in [0.4, 0.5) is 5.69 Å². The third-order valence-electron chi connectivity index (χ3n) is 4.21. The summed E-state index contributed by atoms with van der Waals surface area (Å²) < 4.78 is 0.903. The van der Waals surface area contributed by atoms with Crippen LogP contribution in [-0.4, -0.2) is 17.9 Å². The Morgan fingerprint density at radius 3 is 2.25 bits per heavy atom. The molecule has 0 aliphatic heterocycles. The van der Waals surface area contributed by atoms with Gasteiger partial charge in [-0.3, -0.25) is 9.59 Å². The third-order valence-corrected chi connectivity index (χ3v) is 5.15. The lowest BCUT2D eigenvalue weighted by Gasteiger charge is -2.12. The molecule has 24 heavy (non-hydrogen) atoms. The molecule has 1 aliphatic carbocycles. The highest BCUT2D eigenvalue weighted by Gasteiger charge is 2.18. The van der Waals surface area contributed by atoms with Gasteiger partial charge < -0.3 is 10.6 Å². The van der Waals surface area contributed by atoms with Crippen molar-refractivity contribution in [2.75, 3.05) is 5.32 Å². The summed E-state index contributed by atoms with van der Waals surface area (Å²) in [4.78, 5) is 24.5. The van der Waals surface area contributed by atoms with Gasteiger partial charge in [0.1, 0.15) is 0 Å². The van der Waals surface area contributed by atoms with Crippen molar-refractivity contribution < 1.29 is 9.59 Å². The number of anilines is 1. The topological polar surface area (TPSA) is 58.2 Å². The zero-order chi connectivity index (χ0) is 16.9. The first-order chi connectivity index (χ1) is 11.6. The average Bonchev–Trinajstić information content (AvgIpc) is 3.08. The molecule has 1 saturated carbocycles. The number of hydrogen-bond acceptors (Lipinski definition) is 2. The van der Waals surface area contributed by atoms with Crippen molar-refractivity contribution in [3.63, 3.8) is 0 Å². The number of benzene rings is 2. The van der Waals surface area contributed by atoms with Gasteiger partial charge in [-0.05, 0) is 71.8 Å². The highest BCUT2D eigenvalue weighted by molar-refractivity contribution is 14.1. The second-order valence-electron chi connectivity index (χ2n) is 5.97. The van der Waals surface area contributed by atoms with Crippen LogP contribution in [0.5, 0.6) is 0 Å². The highest BCUT2D eigenvalue weighted by Crippen LogP contribution is 2.19. The minimum Gasteiger partial charge on any atom is -0.349 e. The molecule has 0 heterocycles. The summed E-state index contributed by atoms with van der Waals surface area (Å²) in [5.41, 5.74) is 1.94. The fourth-order valence-corrected chi connectivity index (χ4v) is 3.52. The van der Waals surface area contributed by atoms with Crippen molar-refractivity contribution in [2.45, 2.75) is 31.7 Å². The first kappa shape index (κ1) is 17.0. The van der Waals surface area contributed by atoms with Crippen LogP contribution in [0.15, 0.2) is 48.5 Å². The minimum absolute atomic E-state index is 0.0441. The van der Waals surface area contributed by atoms with E-state index in [1.54, 1.807) is 30.3 Å². The zero-order valence-electron chi connectivity index (χ0n) is 13.2. The predicted molar refractivity (Wildman–Crippen MR) is 103 cm³/mol. The molecule has 124 valence electrons. The fraction of sp³-hybridized carbons (Fsp3) is 0.263. The Hall–Kier alpha value is -1.89. The van der Waals surface area contributed by atoms with Crippen LogP contribution in [0.1, 0.15) is 46.4 Å². The summed E-state index contributed by atoms with van der Waals surface area (Å²) in [6.07, 6.45) is 4.51. The quantitative estimate of drug-likeness (QED) is 0.709. The molecule has 4 nitrogen and oxygen atoms in total. The van der Waals surface area contributed by atoms with Crippen LogP contribution >= 0.6 is 22.6 Å². The van der Waals surface area contributed by atoms with Gasteiger partial charge in [0.05, 0.1) is 5.56 Å². The summed E-state index contributed by atoms with van der Waals surface area (Å²) in [6, 6.07) is 14.7. The van der Waals surface area contributed by atoms with Crippen molar-refractivity contribution >= 4 is 40.1 Å². The first-order valence-electron chi connectivity index (χ1n) is 8.10. The van der Waals surface area contributed by atoms with Crippen LogP contribution in [0.2, 0.25) is 0 Å². The normalized spacial score (nSPS) is 14.4. The van der Waals surface area contributed by atoms with Gasteiger partial charge in [0.15, 0.2) is 0 Å². The molecule has 1 aliphatic rings. The average molecular weight is 434 g/mol. The number of halogens is 1. The van der Waals surface area contributed by atoms with Crippen molar-refractivity contribution in [2.24, 2.45) is 0 Å². The van der Waals surface area contributed by atoms with Gasteiger partial charge >= 0.3 is 0 Å². The molecule has 2 aromatic rings. The van der Waals surface area contributed by atoms with Gasteiger partial charge in [-0.2, -0.15) is 0 Å². The van der Waals surface area contributed by atoms with E-state index < -0.39 is 0 Å². The van der Waals surface area contributed by atoms with E-state index in [2.05, 4.69) is 33.2 Å². The van der Waals surface area contributed by atoms with Crippen LogP contribution < -0.4 is 10.6 Å². The summed E-state index contributed by atoms with van der Waals surface area (Å²) in [6.45, 7) is 0. The van der Waals surface area contributed by atoms with E-state index in [-0.39, 0.29) is 11.8 Å². The Balaban J connectivity index is 1.63. The van der Waals surface area contributed by atoms with E-state index >= 15 is 0 Å². The van der Waals surface area contributed by atoms with Gasteiger partial charge in [-0.1, -0.05) is 25.0 Å². The lowest BCUT2D eigenvalue weighted by molar-refractivity contribution is 0.0937. The molecule has 0 bridgehead atoms. The van der Waals surface area contributed by atoms with Crippen LogP contribution in [-0.2, 0) is 0 Å². The number of rotatable bonds is 4. The Morgan fingerprint density at radius 2 is 1.58 bits per heavy atom. The molecule has 0 saturated heterocycles. The molecule has 0 atom stereocenters. The van der Waals surface area contributed by atoms with E-state index in [1.165, 1.54) is 12.8 Å². The summed E-state index contributed by atoms with van der Waals surface area (Å²) in [5, 5.41) is 5.92. The number of amides is 2. The van der Waals surface area contributed by atoms with Gasteiger partial charge in [-0.25, -0.2) is 0 Å². The van der Waals surface area contributed by atoms with E-state index in [9.17, 15) is 9.59 Å². The molecule has 1 fully saturated rings. The lowest BCUT2D eigenvalue weighted by Crippen LogP contribution is -2.32. The SMILES string of the molecule is O=C(NC1CCCC1)c1ccc(NC(=O)c2ccccc2I)cc1. The van der Waals surface area contributed by atoms with Crippen molar-refractivity contribution in [1.82, 2.24) is 5.32 Å². The molecule has 2 N–H and O–H groups in total. The maximum absolute atomic E-state index is 12.3. The highest BCUT2D eigenvalue weighted by atomic mass is 127. The van der Waals surface area contributed by atoms with Gasteiger partial charge in [-0.15, -0.1) is 0 Å². The molecule has 0 aromatic heterocycles. The maximum Gasteiger partial charge on any atom is 0.256 e. The predicted octanol–water partition coefficient (Wildman–Crippen LogP) is 4.22. The monoisotopic (exact) mass is 434 g/mol. The second-order valence-corrected chi connectivity index (χ2v) is 7.13. The smallest absolute Gasteiger partial charge is 0.256 e. The van der Waals surface area contributed by atoms with E-state index in [0.29, 0.717) is 22.9 Å². The molecule has 2 amide bonds. The number of carbonyl (C=O) groups excluding carboxylic acids is 2. The summed E-state index contributed by atoms with van der Waals surface area (Å²) in [5.74, 6) is -0.194. The number of hydrogen-bond donors (Lipinski definition) is 2. The molecule has 3 rings (SSSR count). The maximum atomic E-state index is 12.3. The second kappa shape index (κ2) is 7.79. The Labute approximate surface area is 155 Å². The van der Waals surface area contributed by atoms with Gasteiger partial charge in [0.25, 0.3) is 11.8 Å². The number of nitrogens with one attached hydrogen (secondary N) is 2. The van der Waals surface area contributed by atoms with Gasteiger partial charge in [0, 0.05) is 20.9 Å². The summed E-state index contributed by atoms with van der Waals surface area (Å²) in [7, 11) is 0. The van der Waals surface area contributed by atoms with Crippen molar-refractivity contribution in [3.05, 3.63) is 63.2 Å². The fourth-order valence-electron chi connectivity index (χ4n) is 2.89. The zero-order valence-corrected chi connectivity index (χ0v) is 15.4. The van der Waals surface area contributed by atoms with Crippen molar-refractivity contribution in [1.29, 1.82) is 0 Å². The summed E-state index contributed by atoms with van der Waals surface area (Å²) >= 11 is 2.14. The molecule has 0 radical (unpaired) electrons. The Bertz CT molecular complexity index is 737. The minimum atomic E-state index is -0.150. The molecule has 0 unspecified atom stereocenters. The van der Waals surface area contributed by atoms with E-state index in [0.717, 1.165) is 16.4 Å². The molecular formula is C19H19IN2O2. The largest absolute Gasteiger partial charge is 0.349 e. The van der Waals surface area contributed by atoms with Crippen molar-refractivity contribution in [3.8, 4) is 0 Å². The van der Waals surface area contributed by atoms with E-state index in [1.807, 2.05) is 18.2 Å². The Morgan fingerprint density at radius 1 is 0.917 bits per heavy atom. The molecule has 0 spiro atoms. The van der Waals surface area contributed by atoms with Crippen LogP contribution in [0.25, 0.3) is 0 Å². The molecule has 2 aromatic carbocycles. The standard InChI is InChI=1S/C19H19IN2O2/c20-17-8-4-3-7-16(17)19(24)22-15-11-9-13(10-12-15)18(23)21-14-5-1-2-6-14/h3-4,7-12,14H,1-2,5-6H2,(H,21,23)(H,22,24). The number of carbonyl (C=O) groups is 2.